The summed E-state index contributed by atoms with van der Waals surface area (Å²) in [5.41, 5.74) is 3.97. The summed E-state index contributed by atoms with van der Waals surface area (Å²) in [5, 5.41) is 2.89. The van der Waals surface area contributed by atoms with Crippen LogP contribution in [-0.2, 0) is 14.3 Å². The lowest BCUT2D eigenvalue weighted by Gasteiger charge is -2.29. The standard InChI is InChI=1S/C21H20N2O4/c1-12-7-8-14(11-13(12)2)22-19(25)17-9-10-18(24)23(17)20-15-5-3-4-6-16(15)21(26)27-20/h3-8,11,17,20H,9-10H2,1-2H3,(H,22,25)/t17-,20-/m1/s1. The van der Waals surface area contributed by atoms with Gasteiger partial charge < -0.3 is 10.1 Å². The van der Waals surface area contributed by atoms with Crippen molar-refractivity contribution < 1.29 is 19.1 Å². The van der Waals surface area contributed by atoms with Crippen molar-refractivity contribution in [1.82, 2.24) is 4.90 Å². The van der Waals surface area contributed by atoms with Crippen molar-refractivity contribution in [2.24, 2.45) is 0 Å². The van der Waals surface area contributed by atoms with E-state index in [0.717, 1.165) is 11.1 Å². The quantitative estimate of drug-likeness (QED) is 0.849. The number of ether oxygens (including phenoxy) is 1. The Balaban J connectivity index is 1.59. The lowest BCUT2D eigenvalue weighted by Crippen LogP contribution is -2.43. The average molecular weight is 364 g/mol. The van der Waals surface area contributed by atoms with Crippen LogP contribution >= 0.6 is 0 Å². The Hall–Kier alpha value is -3.15. The van der Waals surface area contributed by atoms with Crippen LogP contribution in [-0.4, -0.2) is 28.7 Å². The molecule has 0 bridgehead atoms. The molecule has 0 spiro atoms. The van der Waals surface area contributed by atoms with Gasteiger partial charge in [-0.2, -0.15) is 0 Å². The number of rotatable bonds is 3. The molecule has 2 aromatic carbocycles. The van der Waals surface area contributed by atoms with Gasteiger partial charge in [0.25, 0.3) is 0 Å². The molecule has 2 aliphatic heterocycles. The van der Waals surface area contributed by atoms with Crippen LogP contribution in [0.15, 0.2) is 42.5 Å². The third-order valence-electron chi connectivity index (χ3n) is 5.25. The zero-order valence-corrected chi connectivity index (χ0v) is 15.2. The summed E-state index contributed by atoms with van der Waals surface area (Å²) < 4.78 is 5.44. The van der Waals surface area contributed by atoms with E-state index in [4.69, 9.17) is 4.74 Å². The van der Waals surface area contributed by atoms with E-state index < -0.39 is 18.2 Å². The molecule has 27 heavy (non-hydrogen) atoms. The van der Waals surface area contributed by atoms with Crippen LogP contribution in [0.25, 0.3) is 0 Å². The summed E-state index contributed by atoms with van der Waals surface area (Å²) in [4.78, 5) is 38.9. The number of esters is 1. The molecule has 1 N–H and O–H groups in total. The van der Waals surface area contributed by atoms with Crippen molar-refractivity contribution in [3.05, 3.63) is 64.7 Å². The summed E-state index contributed by atoms with van der Waals surface area (Å²) in [7, 11) is 0. The van der Waals surface area contributed by atoms with Crippen LogP contribution in [0.5, 0.6) is 0 Å². The Bertz CT molecular complexity index is 953. The number of nitrogens with one attached hydrogen (secondary N) is 1. The van der Waals surface area contributed by atoms with Crippen LogP contribution in [0.3, 0.4) is 0 Å². The number of carbonyl (C=O) groups is 3. The third kappa shape index (κ3) is 2.97. The van der Waals surface area contributed by atoms with Gasteiger partial charge >= 0.3 is 5.97 Å². The number of hydrogen-bond acceptors (Lipinski definition) is 4. The molecule has 0 saturated carbocycles. The molecule has 2 aliphatic rings. The number of benzene rings is 2. The normalized spacial score (nSPS) is 21.2. The van der Waals surface area contributed by atoms with E-state index in [9.17, 15) is 14.4 Å². The molecular weight excluding hydrogens is 344 g/mol. The Morgan fingerprint density at radius 1 is 1.11 bits per heavy atom. The fourth-order valence-electron chi connectivity index (χ4n) is 3.63. The summed E-state index contributed by atoms with van der Waals surface area (Å²) in [6.07, 6.45) is -0.202. The smallest absolute Gasteiger partial charge is 0.340 e. The second kappa shape index (κ2) is 6.54. The number of amides is 2. The second-order valence-electron chi connectivity index (χ2n) is 6.99. The molecule has 2 amide bonds. The first-order valence-corrected chi connectivity index (χ1v) is 8.95. The second-order valence-corrected chi connectivity index (χ2v) is 6.99. The van der Waals surface area contributed by atoms with Gasteiger partial charge in [-0.15, -0.1) is 0 Å². The van der Waals surface area contributed by atoms with E-state index in [0.29, 0.717) is 23.2 Å². The third-order valence-corrected chi connectivity index (χ3v) is 5.25. The van der Waals surface area contributed by atoms with Gasteiger partial charge in [-0.3, -0.25) is 14.5 Å². The van der Waals surface area contributed by atoms with Gasteiger partial charge in [-0.25, -0.2) is 4.79 Å². The summed E-state index contributed by atoms with van der Waals surface area (Å²) in [6.45, 7) is 3.98. The van der Waals surface area contributed by atoms with Crippen LogP contribution in [0, 0.1) is 13.8 Å². The number of cyclic esters (lactones) is 1. The van der Waals surface area contributed by atoms with Crippen LogP contribution in [0.1, 0.15) is 46.1 Å². The Kier molecular flexibility index (Phi) is 4.18. The molecule has 2 atom stereocenters. The zero-order chi connectivity index (χ0) is 19.1. The molecule has 0 unspecified atom stereocenters. The molecule has 0 aliphatic carbocycles. The molecule has 6 heteroatoms. The SMILES string of the molecule is Cc1ccc(NC(=O)[C@H]2CCC(=O)N2[C@@H]2OC(=O)c3ccccc32)cc1C. The summed E-state index contributed by atoms with van der Waals surface area (Å²) >= 11 is 0. The van der Waals surface area contributed by atoms with Gasteiger partial charge in [0.05, 0.1) is 5.56 Å². The summed E-state index contributed by atoms with van der Waals surface area (Å²) in [6, 6.07) is 12.0. The van der Waals surface area contributed by atoms with Crippen LogP contribution in [0.4, 0.5) is 5.69 Å². The van der Waals surface area contributed by atoms with Gasteiger partial charge in [-0.05, 0) is 49.6 Å². The first kappa shape index (κ1) is 17.3. The highest BCUT2D eigenvalue weighted by Gasteiger charge is 2.46. The number of likely N-dealkylation sites (tertiary alicyclic amines) is 1. The first-order valence-electron chi connectivity index (χ1n) is 8.95. The van der Waals surface area contributed by atoms with Crippen molar-refractivity contribution in [1.29, 1.82) is 0 Å². The predicted molar refractivity (Wildman–Crippen MR) is 99.0 cm³/mol. The monoisotopic (exact) mass is 364 g/mol. The van der Waals surface area contributed by atoms with E-state index in [1.807, 2.05) is 32.0 Å². The molecule has 2 heterocycles. The fourth-order valence-corrected chi connectivity index (χ4v) is 3.63. The van der Waals surface area contributed by atoms with Gasteiger partial charge in [0.15, 0.2) is 0 Å². The minimum absolute atomic E-state index is 0.190. The first-order chi connectivity index (χ1) is 13.0. The van der Waals surface area contributed by atoms with Crippen molar-refractivity contribution in [3.63, 3.8) is 0 Å². The van der Waals surface area contributed by atoms with Crippen molar-refractivity contribution in [3.8, 4) is 0 Å². The maximum atomic E-state index is 12.9. The number of nitrogens with zero attached hydrogens (tertiary/aromatic N) is 1. The maximum Gasteiger partial charge on any atom is 0.340 e. The van der Waals surface area contributed by atoms with E-state index >= 15 is 0 Å². The molecule has 138 valence electrons. The van der Waals surface area contributed by atoms with Crippen LogP contribution < -0.4 is 5.32 Å². The van der Waals surface area contributed by atoms with Crippen molar-refractivity contribution in [2.45, 2.75) is 39.0 Å². The topological polar surface area (TPSA) is 75.7 Å². The molecule has 6 nitrogen and oxygen atoms in total. The molecule has 1 saturated heterocycles. The zero-order valence-electron chi connectivity index (χ0n) is 15.2. The predicted octanol–water partition coefficient (Wildman–Crippen LogP) is 3.10. The van der Waals surface area contributed by atoms with Crippen molar-refractivity contribution in [2.75, 3.05) is 5.32 Å². The minimum Gasteiger partial charge on any atom is -0.433 e. The Morgan fingerprint density at radius 3 is 2.67 bits per heavy atom. The highest BCUT2D eigenvalue weighted by Crippen LogP contribution is 2.38. The van der Waals surface area contributed by atoms with E-state index in [1.165, 1.54) is 4.90 Å². The van der Waals surface area contributed by atoms with E-state index in [1.54, 1.807) is 24.3 Å². The molecule has 4 rings (SSSR count). The lowest BCUT2D eigenvalue weighted by molar-refractivity contribution is -0.144. The van der Waals surface area contributed by atoms with Crippen LogP contribution in [0.2, 0.25) is 0 Å². The number of fused-ring (bicyclic) bond motifs is 1. The average Bonchev–Trinajstić information content (AvgIpc) is 3.19. The molecular formula is C21H20N2O4. The fraction of sp³-hybridized carbons (Fsp3) is 0.286. The van der Waals surface area contributed by atoms with Gasteiger partial charge in [0, 0.05) is 17.7 Å². The molecule has 0 radical (unpaired) electrons. The largest absolute Gasteiger partial charge is 0.433 e. The maximum absolute atomic E-state index is 12.9. The molecule has 1 fully saturated rings. The minimum atomic E-state index is -0.848. The highest BCUT2D eigenvalue weighted by atomic mass is 16.6. The Labute approximate surface area is 157 Å². The number of carbonyl (C=O) groups excluding carboxylic acids is 3. The number of aryl methyl sites for hydroxylation is 2. The molecule has 0 aromatic heterocycles. The van der Waals surface area contributed by atoms with E-state index in [-0.39, 0.29) is 18.2 Å². The van der Waals surface area contributed by atoms with E-state index in [2.05, 4.69) is 5.32 Å². The molecule has 2 aromatic rings. The summed E-state index contributed by atoms with van der Waals surface area (Å²) in [5.74, 6) is -0.933. The lowest BCUT2D eigenvalue weighted by atomic mass is 10.1. The number of anilines is 1. The highest BCUT2D eigenvalue weighted by molar-refractivity contribution is 6.00. The van der Waals surface area contributed by atoms with Crippen molar-refractivity contribution >= 4 is 23.5 Å². The number of hydrogen-bond donors (Lipinski definition) is 1. The van der Waals surface area contributed by atoms with Gasteiger partial charge in [0.2, 0.25) is 18.0 Å². The van der Waals surface area contributed by atoms with Gasteiger partial charge in [0.1, 0.15) is 6.04 Å². The van der Waals surface area contributed by atoms with Gasteiger partial charge in [-0.1, -0.05) is 24.3 Å². The Morgan fingerprint density at radius 2 is 1.89 bits per heavy atom.